The van der Waals surface area contributed by atoms with Crippen molar-refractivity contribution in [2.75, 3.05) is 20.3 Å². The number of aliphatic hydroxyl groups is 2. The Balaban J connectivity index is 2.75. The van der Waals surface area contributed by atoms with E-state index in [0.717, 1.165) is 0 Å². The normalized spacial score (nSPS) is 11.9. The molecule has 1 aromatic carbocycles. The second kappa shape index (κ2) is 6.07. The summed E-state index contributed by atoms with van der Waals surface area (Å²) in [5.41, 5.74) is -0.0607. The van der Waals surface area contributed by atoms with E-state index >= 15 is 0 Å². The molecule has 0 aliphatic rings. The van der Waals surface area contributed by atoms with Crippen LogP contribution in [0, 0.1) is 0 Å². The van der Waals surface area contributed by atoms with Gasteiger partial charge in [0.1, 0.15) is 18.3 Å². The summed E-state index contributed by atoms with van der Waals surface area (Å²) in [5, 5.41) is 27.2. The van der Waals surface area contributed by atoms with Gasteiger partial charge in [-0.2, -0.15) is 0 Å². The number of aliphatic hydroxyl groups excluding tert-OH is 2. The van der Waals surface area contributed by atoms with Crippen molar-refractivity contribution < 1.29 is 29.6 Å². The fourth-order valence-electron chi connectivity index (χ4n) is 1.15. The molecule has 6 nitrogen and oxygen atoms in total. The highest BCUT2D eigenvalue weighted by molar-refractivity contribution is 5.93. The van der Waals surface area contributed by atoms with Crippen LogP contribution in [0.25, 0.3) is 0 Å². The molecule has 0 radical (unpaired) electrons. The summed E-state index contributed by atoms with van der Waals surface area (Å²) in [7, 11) is 1.36. The maximum atomic E-state index is 11.5. The molecule has 0 aromatic heterocycles. The van der Waals surface area contributed by atoms with Crippen LogP contribution in [0.1, 0.15) is 10.4 Å². The van der Waals surface area contributed by atoms with E-state index < -0.39 is 18.7 Å². The SMILES string of the molecule is COc1cccc(C(=O)OC[C@H](O)CO)c1O. The zero-order chi connectivity index (χ0) is 12.8. The zero-order valence-electron chi connectivity index (χ0n) is 9.29. The Morgan fingerprint density at radius 2 is 2.18 bits per heavy atom. The quantitative estimate of drug-likeness (QED) is 0.624. The van der Waals surface area contributed by atoms with Crippen molar-refractivity contribution in [3.05, 3.63) is 23.8 Å². The summed E-state index contributed by atoms with van der Waals surface area (Å²) in [6.45, 7) is -0.844. The number of methoxy groups -OCH3 is 1. The lowest BCUT2D eigenvalue weighted by molar-refractivity contribution is 0.00910. The van der Waals surface area contributed by atoms with Crippen molar-refractivity contribution >= 4 is 5.97 Å². The molecule has 1 atom stereocenters. The Labute approximate surface area is 98.0 Å². The number of hydrogen-bond donors (Lipinski definition) is 3. The smallest absolute Gasteiger partial charge is 0.342 e. The molecule has 0 unspecified atom stereocenters. The van der Waals surface area contributed by atoms with Crippen molar-refractivity contribution in [3.8, 4) is 11.5 Å². The van der Waals surface area contributed by atoms with Gasteiger partial charge in [0.15, 0.2) is 11.5 Å². The molecule has 6 heteroatoms. The minimum absolute atomic E-state index is 0.0607. The first-order valence-corrected chi connectivity index (χ1v) is 4.92. The van der Waals surface area contributed by atoms with E-state index in [4.69, 9.17) is 19.7 Å². The fourth-order valence-corrected chi connectivity index (χ4v) is 1.15. The predicted octanol–water partition coefficient (Wildman–Crippen LogP) is -0.0892. The van der Waals surface area contributed by atoms with Gasteiger partial charge in [-0.05, 0) is 12.1 Å². The maximum Gasteiger partial charge on any atom is 0.342 e. The first-order chi connectivity index (χ1) is 8.10. The molecule has 0 aliphatic carbocycles. The second-order valence-corrected chi connectivity index (χ2v) is 3.29. The van der Waals surface area contributed by atoms with Crippen LogP contribution in [-0.2, 0) is 4.74 Å². The Hall–Kier alpha value is -1.79. The average Bonchev–Trinajstić information content (AvgIpc) is 2.35. The zero-order valence-corrected chi connectivity index (χ0v) is 9.29. The van der Waals surface area contributed by atoms with Gasteiger partial charge in [0.25, 0.3) is 0 Å². The third-order valence-electron chi connectivity index (χ3n) is 2.06. The lowest BCUT2D eigenvalue weighted by Gasteiger charge is -2.10. The molecule has 1 aromatic rings. The molecule has 1 rings (SSSR count). The minimum atomic E-state index is -1.13. The van der Waals surface area contributed by atoms with Gasteiger partial charge in [0.05, 0.1) is 13.7 Å². The number of benzene rings is 1. The van der Waals surface area contributed by atoms with Crippen LogP contribution in [-0.4, -0.2) is 47.7 Å². The van der Waals surface area contributed by atoms with Crippen molar-refractivity contribution in [2.24, 2.45) is 0 Å². The lowest BCUT2D eigenvalue weighted by atomic mass is 10.2. The van der Waals surface area contributed by atoms with Gasteiger partial charge in [0, 0.05) is 0 Å². The number of carbonyl (C=O) groups excluding carboxylic acids is 1. The number of esters is 1. The van der Waals surface area contributed by atoms with Gasteiger partial charge < -0.3 is 24.8 Å². The molecule has 0 spiro atoms. The number of phenols is 1. The van der Waals surface area contributed by atoms with Crippen LogP contribution in [0.5, 0.6) is 11.5 Å². The molecule has 0 heterocycles. The molecular formula is C11H14O6. The molecular weight excluding hydrogens is 228 g/mol. The molecule has 0 amide bonds. The third-order valence-corrected chi connectivity index (χ3v) is 2.06. The predicted molar refractivity (Wildman–Crippen MR) is 58.0 cm³/mol. The third kappa shape index (κ3) is 3.33. The summed E-state index contributed by atoms with van der Waals surface area (Å²) >= 11 is 0. The van der Waals surface area contributed by atoms with Crippen molar-refractivity contribution in [1.29, 1.82) is 0 Å². The summed E-state index contributed by atoms with van der Waals surface area (Å²) in [4.78, 5) is 11.5. The molecule has 0 saturated carbocycles. The van der Waals surface area contributed by atoms with Gasteiger partial charge in [-0.25, -0.2) is 4.79 Å². The summed E-state index contributed by atoms with van der Waals surface area (Å²) < 4.78 is 9.53. The minimum Gasteiger partial charge on any atom is -0.504 e. The first kappa shape index (κ1) is 13.3. The summed E-state index contributed by atoms with van der Waals surface area (Å²) in [6, 6.07) is 4.39. The molecule has 0 saturated heterocycles. The molecule has 94 valence electrons. The highest BCUT2D eigenvalue weighted by atomic mass is 16.5. The Morgan fingerprint density at radius 1 is 1.47 bits per heavy atom. The molecule has 3 N–H and O–H groups in total. The van der Waals surface area contributed by atoms with Crippen molar-refractivity contribution in [3.63, 3.8) is 0 Å². The van der Waals surface area contributed by atoms with Gasteiger partial charge >= 0.3 is 5.97 Å². The summed E-state index contributed by atoms with van der Waals surface area (Å²) in [6.07, 6.45) is -1.13. The molecule has 0 bridgehead atoms. The van der Waals surface area contributed by atoms with Crippen LogP contribution in [0.4, 0.5) is 0 Å². The van der Waals surface area contributed by atoms with E-state index in [2.05, 4.69) is 0 Å². The lowest BCUT2D eigenvalue weighted by Crippen LogP contribution is -2.22. The van der Waals surface area contributed by atoms with Crippen LogP contribution >= 0.6 is 0 Å². The second-order valence-electron chi connectivity index (χ2n) is 3.29. The van der Waals surface area contributed by atoms with Crippen LogP contribution in [0.3, 0.4) is 0 Å². The molecule has 0 fully saturated rings. The summed E-state index contributed by atoms with van der Waals surface area (Å²) in [5.74, 6) is -0.963. The van der Waals surface area contributed by atoms with E-state index in [9.17, 15) is 9.90 Å². The van der Waals surface area contributed by atoms with E-state index in [0.29, 0.717) is 0 Å². The number of carbonyl (C=O) groups is 1. The number of aromatic hydroxyl groups is 1. The standard InChI is InChI=1S/C11H14O6/c1-16-9-4-2-3-8(10(9)14)11(15)17-6-7(13)5-12/h2-4,7,12-14H,5-6H2,1H3/t7-/m1/s1. The van der Waals surface area contributed by atoms with Gasteiger partial charge in [-0.3, -0.25) is 0 Å². The van der Waals surface area contributed by atoms with Crippen LogP contribution < -0.4 is 4.74 Å². The Morgan fingerprint density at radius 3 is 2.76 bits per heavy atom. The Bertz CT molecular complexity index is 390. The molecule has 17 heavy (non-hydrogen) atoms. The first-order valence-electron chi connectivity index (χ1n) is 4.92. The van der Waals surface area contributed by atoms with E-state index in [1.165, 1.54) is 25.3 Å². The average molecular weight is 242 g/mol. The topological polar surface area (TPSA) is 96.2 Å². The van der Waals surface area contributed by atoms with Crippen molar-refractivity contribution in [2.45, 2.75) is 6.10 Å². The van der Waals surface area contributed by atoms with Gasteiger partial charge in [-0.15, -0.1) is 0 Å². The number of rotatable bonds is 5. The maximum absolute atomic E-state index is 11.5. The van der Waals surface area contributed by atoms with Crippen LogP contribution in [0.2, 0.25) is 0 Å². The number of ether oxygens (including phenoxy) is 2. The van der Waals surface area contributed by atoms with E-state index in [1.54, 1.807) is 0 Å². The van der Waals surface area contributed by atoms with Crippen LogP contribution in [0.15, 0.2) is 18.2 Å². The van der Waals surface area contributed by atoms with Gasteiger partial charge in [-0.1, -0.05) is 6.07 Å². The molecule has 0 aliphatic heterocycles. The van der Waals surface area contributed by atoms with E-state index in [1.807, 2.05) is 0 Å². The van der Waals surface area contributed by atoms with E-state index in [-0.39, 0.29) is 23.7 Å². The highest BCUT2D eigenvalue weighted by Gasteiger charge is 2.17. The largest absolute Gasteiger partial charge is 0.504 e. The van der Waals surface area contributed by atoms with Gasteiger partial charge in [0.2, 0.25) is 0 Å². The monoisotopic (exact) mass is 242 g/mol. The number of para-hydroxylation sites is 1. The fraction of sp³-hybridized carbons (Fsp3) is 0.364. The Kier molecular flexibility index (Phi) is 4.74. The number of phenolic OH excluding ortho intramolecular Hbond substituents is 1. The highest BCUT2D eigenvalue weighted by Crippen LogP contribution is 2.29. The number of hydrogen-bond acceptors (Lipinski definition) is 6. The van der Waals surface area contributed by atoms with Crippen molar-refractivity contribution in [1.82, 2.24) is 0 Å².